The molecule has 0 unspecified atom stereocenters. The molecule has 0 amide bonds. The van der Waals surface area contributed by atoms with E-state index in [0.29, 0.717) is 34.5 Å². The van der Waals surface area contributed by atoms with Crippen LogP contribution in [0, 0.1) is 6.92 Å². The van der Waals surface area contributed by atoms with E-state index in [0.717, 1.165) is 28.0 Å². The zero-order valence-corrected chi connectivity index (χ0v) is 16.1. The predicted octanol–water partition coefficient (Wildman–Crippen LogP) is 4.96. The molecule has 2 aliphatic heterocycles. The number of ketones is 1. The van der Waals surface area contributed by atoms with Gasteiger partial charge in [-0.15, -0.1) is 0 Å². The average molecular weight is 387 g/mol. The Bertz CT molecular complexity index is 973. The first-order chi connectivity index (χ1) is 12.9. The Morgan fingerprint density at radius 1 is 1.22 bits per heavy atom. The van der Waals surface area contributed by atoms with Crippen molar-refractivity contribution in [2.24, 2.45) is 0 Å². The minimum atomic E-state index is -0.0774. The van der Waals surface area contributed by atoms with E-state index in [-0.39, 0.29) is 19.2 Å². The minimum absolute atomic E-state index is 0.0774. The van der Waals surface area contributed by atoms with E-state index in [2.05, 4.69) is 0 Å². The van der Waals surface area contributed by atoms with Gasteiger partial charge in [-0.3, -0.25) is 4.79 Å². The van der Waals surface area contributed by atoms with Gasteiger partial charge in [0.25, 0.3) is 0 Å². The molecule has 0 atom stereocenters. The maximum Gasteiger partial charge on any atom is 0.232 e. The van der Waals surface area contributed by atoms with Crippen LogP contribution in [0.25, 0.3) is 0 Å². The third kappa shape index (κ3) is 3.29. The summed E-state index contributed by atoms with van der Waals surface area (Å²) in [7, 11) is 0. The number of rotatable bonds is 3. The molecular weight excluding hydrogens is 368 g/mol. The highest BCUT2D eigenvalue weighted by Gasteiger charge is 2.30. The number of ether oxygens (including phenoxy) is 4. The summed E-state index contributed by atoms with van der Waals surface area (Å²) in [4.78, 5) is 12.5. The highest BCUT2D eigenvalue weighted by molar-refractivity contribution is 6.30. The van der Waals surface area contributed by atoms with Crippen molar-refractivity contribution < 1.29 is 23.7 Å². The van der Waals surface area contributed by atoms with Crippen molar-refractivity contribution in [1.82, 2.24) is 0 Å². The van der Waals surface area contributed by atoms with Gasteiger partial charge in [0.2, 0.25) is 5.78 Å². The summed E-state index contributed by atoms with van der Waals surface area (Å²) in [6.45, 7) is 6.55. The van der Waals surface area contributed by atoms with Crippen LogP contribution < -0.4 is 14.2 Å². The normalized spacial score (nSPS) is 15.0. The van der Waals surface area contributed by atoms with Crippen LogP contribution in [0.3, 0.4) is 0 Å². The van der Waals surface area contributed by atoms with Gasteiger partial charge in [-0.25, -0.2) is 0 Å². The lowest BCUT2D eigenvalue weighted by Crippen LogP contribution is -2.14. The summed E-state index contributed by atoms with van der Waals surface area (Å²) in [6, 6.07) is 7.25. The first-order valence-electron chi connectivity index (χ1n) is 8.63. The Kier molecular flexibility index (Phi) is 4.58. The fraction of sp³-hybridized carbons (Fsp3) is 0.286. The van der Waals surface area contributed by atoms with E-state index in [1.54, 1.807) is 6.07 Å². The lowest BCUT2D eigenvalue weighted by atomic mass is 10.0. The number of carbonyl (C=O) groups excluding carboxylic acids is 1. The fourth-order valence-corrected chi connectivity index (χ4v) is 3.57. The molecule has 0 fully saturated rings. The standard InChI is InChI=1S/C21H19ClO5/c1-11(2)20-19(23)18-12(3)4-16(7-17(18)27-20)25-9-14-6-15(22)5-13-8-24-10-26-21(13)14/h4-7H,8-10H2,1-3H3. The summed E-state index contributed by atoms with van der Waals surface area (Å²) in [5, 5.41) is 0.605. The molecule has 4 rings (SSSR count). The largest absolute Gasteiger partial charge is 0.489 e. The average Bonchev–Trinajstić information content (AvgIpc) is 2.97. The number of fused-ring (bicyclic) bond motifs is 2. The first kappa shape index (κ1) is 17.9. The topological polar surface area (TPSA) is 54.0 Å². The molecule has 0 saturated heterocycles. The molecule has 6 heteroatoms. The van der Waals surface area contributed by atoms with Gasteiger partial charge >= 0.3 is 0 Å². The van der Waals surface area contributed by atoms with Crippen LogP contribution in [0.1, 0.15) is 40.9 Å². The first-order valence-corrected chi connectivity index (χ1v) is 9.01. The molecule has 0 N–H and O–H groups in total. The molecule has 2 heterocycles. The Balaban J connectivity index is 1.60. The molecule has 0 aliphatic carbocycles. The van der Waals surface area contributed by atoms with E-state index < -0.39 is 0 Å². The maximum atomic E-state index is 12.5. The zero-order chi connectivity index (χ0) is 19.1. The lowest BCUT2D eigenvalue weighted by molar-refractivity contribution is -0.0175. The molecular formula is C21H19ClO5. The van der Waals surface area contributed by atoms with Crippen LogP contribution in [0.4, 0.5) is 0 Å². The number of hydrogen-bond donors (Lipinski definition) is 0. The molecule has 0 spiro atoms. The summed E-state index contributed by atoms with van der Waals surface area (Å²) in [6.07, 6.45) is 0. The number of aryl methyl sites for hydroxylation is 1. The van der Waals surface area contributed by atoms with Crippen molar-refractivity contribution in [3.8, 4) is 17.2 Å². The van der Waals surface area contributed by atoms with Crippen molar-refractivity contribution in [3.63, 3.8) is 0 Å². The minimum Gasteiger partial charge on any atom is -0.489 e. The summed E-state index contributed by atoms with van der Waals surface area (Å²) < 4.78 is 22.6. The fourth-order valence-electron chi connectivity index (χ4n) is 3.30. The van der Waals surface area contributed by atoms with Crippen molar-refractivity contribution in [2.75, 3.05) is 6.79 Å². The molecule has 27 heavy (non-hydrogen) atoms. The number of hydrogen-bond acceptors (Lipinski definition) is 5. The van der Waals surface area contributed by atoms with Gasteiger partial charge < -0.3 is 18.9 Å². The van der Waals surface area contributed by atoms with Gasteiger partial charge in [0.05, 0.1) is 12.2 Å². The lowest BCUT2D eigenvalue weighted by Gasteiger charge is -2.21. The van der Waals surface area contributed by atoms with E-state index >= 15 is 0 Å². The second-order valence-corrected chi connectivity index (χ2v) is 7.26. The summed E-state index contributed by atoms with van der Waals surface area (Å²) in [5.41, 5.74) is 4.02. The molecule has 5 nitrogen and oxygen atoms in total. The Morgan fingerprint density at radius 3 is 2.81 bits per heavy atom. The Labute approximate surface area is 162 Å². The van der Waals surface area contributed by atoms with Crippen molar-refractivity contribution >= 4 is 17.4 Å². The van der Waals surface area contributed by atoms with Gasteiger partial charge in [0, 0.05) is 22.2 Å². The molecule has 0 aromatic heterocycles. The summed E-state index contributed by atoms with van der Waals surface area (Å²) >= 11 is 6.20. The van der Waals surface area contributed by atoms with Crippen molar-refractivity contribution in [2.45, 2.75) is 34.0 Å². The second kappa shape index (κ2) is 6.91. The quantitative estimate of drug-likeness (QED) is 0.697. The number of carbonyl (C=O) groups is 1. The summed E-state index contributed by atoms with van der Waals surface area (Å²) in [5.74, 6) is 2.22. The van der Waals surface area contributed by atoms with Crippen molar-refractivity contribution in [3.05, 3.63) is 62.9 Å². The Morgan fingerprint density at radius 2 is 2.04 bits per heavy atom. The number of allylic oxidation sites excluding steroid dienone is 2. The highest BCUT2D eigenvalue weighted by atomic mass is 35.5. The molecule has 2 aromatic carbocycles. The zero-order valence-electron chi connectivity index (χ0n) is 15.3. The molecule has 0 radical (unpaired) electrons. The van der Waals surface area contributed by atoms with Gasteiger partial charge in [-0.2, -0.15) is 0 Å². The number of benzene rings is 2. The molecule has 0 saturated carbocycles. The van der Waals surface area contributed by atoms with Crippen LogP contribution in [-0.4, -0.2) is 12.6 Å². The van der Waals surface area contributed by atoms with Gasteiger partial charge in [0.1, 0.15) is 23.9 Å². The van der Waals surface area contributed by atoms with E-state index in [1.165, 1.54) is 0 Å². The maximum absolute atomic E-state index is 12.5. The number of halogens is 1. The predicted molar refractivity (Wildman–Crippen MR) is 101 cm³/mol. The van der Waals surface area contributed by atoms with Gasteiger partial charge in [-0.05, 0) is 50.1 Å². The molecule has 140 valence electrons. The van der Waals surface area contributed by atoms with Crippen LogP contribution >= 0.6 is 11.6 Å². The molecule has 0 bridgehead atoms. The molecule has 2 aromatic rings. The highest BCUT2D eigenvalue weighted by Crippen LogP contribution is 2.38. The van der Waals surface area contributed by atoms with E-state index in [1.807, 2.05) is 39.0 Å². The SMILES string of the molecule is CC(C)=C1Oc2cc(OCc3cc(Cl)cc4c3OCOC4)cc(C)c2C1=O. The van der Waals surface area contributed by atoms with Gasteiger partial charge in [0.15, 0.2) is 12.6 Å². The monoisotopic (exact) mass is 386 g/mol. The van der Waals surface area contributed by atoms with E-state index in [4.69, 9.17) is 30.5 Å². The van der Waals surface area contributed by atoms with Crippen LogP contribution in [0.15, 0.2) is 35.6 Å². The van der Waals surface area contributed by atoms with Crippen LogP contribution in [0.5, 0.6) is 17.2 Å². The third-order valence-electron chi connectivity index (χ3n) is 4.52. The van der Waals surface area contributed by atoms with Crippen LogP contribution in [-0.2, 0) is 18.0 Å². The van der Waals surface area contributed by atoms with Crippen molar-refractivity contribution in [1.29, 1.82) is 0 Å². The number of Topliss-reactive ketones (excluding diaryl/α,β-unsaturated/α-hetero) is 1. The Hall–Kier alpha value is -2.50. The van der Waals surface area contributed by atoms with Gasteiger partial charge in [-0.1, -0.05) is 11.6 Å². The molecule has 2 aliphatic rings. The van der Waals surface area contributed by atoms with Crippen LogP contribution in [0.2, 0.25) is 5.02 Å². The van der Waals surface area contributed by atoms with E-state index in [9.17, 15) is 4.79 Å². The third-order valence-corrected chi connectivity index (χ3v) is 4.74. The smallest absolute Gasteiger partial charge is 0.232 e. The second-order valence-electron chi connectivity index (χ2n) is 6.83.